The molecule has 2 aromatic carbocycles. The number of carboxylic acid groups (broad SMARTS) is 1. The molecule has 0 aliphatic carbocycles. The van der Waals surface area contributed by atoms with E-state index in [0.717, 1.165) is 10.5 Å². The highest BCUT2D eigenvalue weighted by Gasteiger charge is 2.17. The van der Waals surface area contributed by atoms with Crippen LogP contribution in [0.2, 0.25) is 5.02 Å². The predicted molar refractivity (Wildman–Crippen MR) is 78.7 cm³/mol. The number of hydrogen-bond donors (Lipinski definition) is 1. The zero-order valence-corrected chi connectivity index (χ0v) is 11.7. The highest BCUT2D eigenvalue weighted by atomic mass is 35.5. The average molecular weight is 293 g/mol. The fourth-order valence-corrected chi connectivity index (χ4v) is 3.18. The van der Waals surface area contributed by atoms with Crippen molar-refractivity contribution in [1.82, 2.24) is 0 Å². The summed E-state index contributed by atoms with van der Waals surface area (Å²) in [6.45, 7) is 0. The van der Waals surface area contributed by atoms with Crippen LogP contribution in [-0.4, -0.2) is 11.1 Å². The predicted octanol–water partition coefficient (Wildman–Crippen LogP) is 4.65. The van der Waals surface area contributed by atoms with Gasteiger partial charge < -0.3 is 5.11 Å². The van der Waals surface area contributed by atoms with E-state index in [2.05, 4.69) is 0 Å². The van der Waals surface area contributed by atoms with Gasteiger partial charge in [-0.25, -0.2) is 0 Å². The Labute approximate surface area is 121 Å². The van der Waals surface area contributed by atoms with E-state index in [1.165, 1.54) is 11.8 Å². The zero-order valence-electron chi connectivity index (χ0n) is 10.1. The Bertz CT molecular complexity index is 557. The van der Waals surface area contributed by atoms with Crippen LogP contribution < -0.4 is 0 Å². The van der Waals surface area contributed by atoms with E-state index in [1.807, 2.05) is 54.6 Å². The minimum absolute atomic E-state index is 0.0693. The van der Waals surface area contributed by atoms with Crippen molar-refractivity contribution in [2.45, 2.75) is 16.6 Å². The highest BCUT2D eigenvalue weighted by molar-refractivity contribution is 7.99. The smallest absolute Gasteiger partial charge is 0.304 e. The molecule has 2 aromatic rings. The lowest BCUT2D eigenvalue weighted by Gasteiger charge is -2.15. The zero-order chi connectivity index (χ0) is 13.7. The number of hydrogen-bond acceptors (Lipinski definition) is 2. The maximum atomic E-state index is 11.0. The van der Waals surface area contributed by atoms with Crippen molar-refractivity contribution in [3.8, 4) is 0 Å². The van der Waals surface area contributed by atoms with E-state index in [9.17, 15) is 4.79 Å². The van der Waals surface area contributed by atoms with Gasteiger partial charge in [0, 0.05) is 10.1 Å². The summed E-state index contributed by atoms with van der Waals surface area (Å²) in [5.74, 6) is -0.812. The lowest BCUT2D eigenvalue weighted by Crippen LogP contribution is -2.03. The summed E-state index contributed by atoms with van der Waals surface area (Å²) in [5.41, 5.74) is 0.995. The normalized spacial score (nSPS) is 12.1. The van der Waals surface area contributed by atoms with Gasteiger partial charge in [0.05, 0.1) is 11.4 Å². The standard InChI is InChI=1S/C15H13ClO2S/c16-12-8-4-5-9-13(12)19-14(10-15(17)18)11-6-2-1-3-7-11/h1-9,14H,10H2,(H,17,18). The second kappa shape index (κ2) is 6.64. The minimum atomic E-state index is -0.812. The van der Waals surface area contributed by atoms with Crippen LogP contribution in [0.3, 0.4) is 0 Å². The maximum Gasteiger partial charge on any atom is 0.304 e. The Morgan fingerprint density at radius 3 is 2.37 bits per heavy atom. The van der Waals surface area contributed by atoms with E-state index >= 15 is 0 Å². The second-order valence-corrected chi connectivity index (χ2v) is 5.70. The molecule has 0 aromatic heterocycles. The third-order valence-corrected chi connectivity index (χ3v) is 4.41. The van der Waals surface area contributed by atoms with Gasteiger partial charge in [0.25, 0.3) is 0 Å². The quantitative estimate of drug-likeness (QED) is 0.815. The molecule has 1 atom stereocenters. The summed E-state index contributed by atoms with van der Waals surface area (Å²) in [6, 6.07) is 17.1. The molecule has 0 amide bonds. The molecule has 1 unspecified atom stereocenters. The Balaban J connectivity index is 2.24. The van der Waals surface area contributed by atoms with Crippen molar-refractivity contribution in [3.05, 3.63) is 65.2 Å². The fourth-order valence-electron chi connectivity index (χ4n) is 1.75. The molecule has 0 saturated carbocycles. The first kappa shape index (κ1) is 14.0. The molecule has 19 heavy (non-hydrogen) atoms. The summed E-state index contributed by atoms with van der Waals surface area (Å²) in [6.07, 6.45) is 0.0693. The van der Waals surface area contributed by atoms with E-state index in [4.69, 9.17) is 16.7 Å². The molecule has 0 spiro atoms. The molecule has 4 heteroatoms. The summed E-state index contributed by atoms with van der Waals surface area (Å²) in [4.78, 5) is 11.9. The molecule has 0 saturated heterocycles. The number of halogens is 1. The maximum absolute atomic E-state index is 11.0. The van der Waals surface area contributed by atoms with Crippen molar-refractivity contribution < 1.29 is 9.90 Å². The largest absolute Gasteiger partial charge is 0.481 e. The molecule has 0 fully saturated rings. The minimum Gasteiger partial charge on any atom is -0.481 e. The van der Waals surface area contributed by atoms with Crippen molar-refractivity contribution in [3.63, 3.8) is 0 Å². The third kappa shape index (κ3) is 4.01. The van der Waals surface area contributed by atoms with Crippen LogP contribution >= 0.6 is 23.4 Å². The van der Waals surface area contributed by atoms with Crippen LogP contribution in [0, 0.1) is 0 Å². The number of aliphatic carboxylic acids is 1. The first-order valence-electron chi connectivity index (χ1n) is 5.85. The number of thioether (sulfide) groups is 1. The molecule has 2 rings (SSSR count). The van der Waals surface area contributed by atoms with Crippen molar-refractivity contribution in [1.29, 1.82) is 0 Å². The SMILES string of the molecule is O=C(O)CC(Sc1ccccc1Cl)c1ccccc1. The van der Waals surface area contributed by atoms with Gasteiger partial charge in [-0.2, -0.15) is 0 Å². The van der Waals surface area contributed by atoms with Crippen LogP contribution in [0.15, 0.2) is 59.5 Å². The monoisotopic (exact) mass is 292 g/mol. The summed E-state index contributed by atoms with van der Waals surface area (Å²) in [7, 11) is 0. The van der Waals surface area contributed by atoms with Crippen molar-refractivity contribution >= 4 is 29.3 Å². The van der Waals surface area contributed by atoms with Crippen LogP contribution in [0.4, 0.5) is 0 Å². The van der Waals surface area contributed by atoms with Gasteiger partial charge in [0.15, 0.2) is 0 Å². The van der Waals surface area contributed by atoms with Gasteiger partial charge in [0.1, 0.15) is 0 Å². The summed E-state index contributed by atoms with van der Waals surface area (Å²) < 4.78 is 0. The van der Waals surface area contributed by atoms with Crippen LogP contribution in [0.25, 0.3) is 0 Å². The van der Waals surface area contributed by atoms with Crippen LogP contribution in [0.1, 0.15) is 17.2 Å². The van der Waals surface area contributed by atoms with Gasteiger partial charge in [0.2, 0.25) is 0 Å². The number of carboxylic acids is 1. The van der Waals surface area contributed by atoms with Crippen molar-refractivity contribution in [2.24, 2.45) is 0 Å². The molecule has 0 aliphatic heterocycles. The molecule has 0 heterocycles. The Kier molecular flexibility index (Phi) is 4.88. The molecular weight excluding hydrogens is 280 g/mol. The molecule has 2 nitrogen and oxygen atoms in total. The summed E-state index contributed by atoms with van der Waals surface area (Å²) in [5, 5.41) is 9.56. The van der Waals surface area contributed by atoms with E-state index in [-0.39, 0.29) is 11.7 Å². The molecule has 1 N–H and O–H groups in total. The lowest BCUT2D eigenvalue weighted by molar-refractivity contribution is -0.137. The van der Waals surface area contributed by atoms with E-state index in [0.29, 0.717) is 5.02 Å². The van der Waals surface area contributed by atoms with Gasteiger partial charge in [-0.05, 0) is 17.7 Å². The van der Waals surface area contributed by atoms with Gasteiger partial charge >= 0.3 is 5.97 Å². The molecule has 0 bridgehead atoms. The Hall–Kier alpha value is -1.45. The van der Waals surface area contributed by atoms with E-state index < -0.39 is 5.97 Å². The molecular formula is C15H13ClO2S. The summed E-state index contributed by atoms with van der Waals surface area (Å²) >= 11 is 7.61. The fraction of sp³-hybridized carbons (Fsp3) is 0.133. The first-order valence-corrected chi connectivity index (χ1v) is 7.10. The van der Waals surface area contributed by atoms with Crippen LogP contribution in [0.5, 0.6) is 0 Å². The average Bonchev–Trinajstić information content (AvgIpc) is 2.41. The highest BCUT2D eigenvalue weighted by Crippen LogP contribution is 2.40. The number of rotatable bonds is 5. The molecule has 98 valence electrons. The Morgan fingerprint density at radius 1 is 1.11 bits per heavy atom. The van der Waals surface area contributed by atoms with Gasteiger partial charge in [-0.15, -0.1) is 11.8 Å². The van der Waals surface area contributed by atoms with Gasteiger partial charge in [-0.1, -0.05) is 54.1 Å². The lowest BCUT2D eigenvalue weighted by atomic mass is 10.1. The third-order valence-electron chi connectivity index (χ3n) is 2.64. The van der Waals surface area contributed by atoms with Gasteiger partial charge in [-0.3, -0.25) is 4.79 Å². The van der Waals surface area contributed by atoms with Crippen LogP contribution in [-0.2, 0) is 4.79 Å². The van der Waals surface area contributed by atoms with Crippen molar-refractivity contribution in [2.75, 3.05) is 0 Å². The van der Waals surface area contributed by atoms with E-state index in [1.54, 1.807) is 0 Å². The number of benzene rings is 2. The second-order valence-electron chi connectivity index (χ2n) is 4.05. The number of carbonyl (C=O) groups is 1. The molecule has 0 aliphatic rings. The topological polar surface area (TPSA) is 37.3 Å². The Morgan fingerprint density at radius 2 is 1.74 bits per heavy atom. The first-order chi connectivity index (χ1) is 9.16. The molecule has 0 radical (unpaired) electrons.